The SMILES string of the molecule is COCC(C)CNC1CCC(=O)N(C)C1. The number of ether oxygens (including phenoxy) is 1. The monoisotopic (exact) mass is 214 g/mol. The standard InChI is InChI=1S/C11H22N2O2/c1-9(8-15-3)6-12-10-4-5-11(14)13(2)7-10/h9-10,12H,4-8H2,1-3H3. The highest BCUT2D eigenvalue weighted by atomic mass is 16.5. The topological polar surface area (TPSA) is 41.6 Å². The Morgan fingerprint density at radius 1 is 1.67 bits per heavy atom. The Hall–Kier alpha value is -0.610. The van der Waals surface area contributed by atoms with E-state index in [1.165, 1.54) is 0 Å². The van der Waals surface area contributed by atoms with Crippen LogP contribution in [0.25, 0.3) is 0 Å². The van der Waals surface area contributed by atoms with Gasteiger partial charge in [-0.15, -0.1) is 0 Å². The summed E-state index contributed by atoms with van der Waals surface area (Å²) in [5.74, 6) is 0.788. The van der Waals surface area contributed by atoms with E-state index in [4.69, 9.17) is 4.74 Å². The molecule has 15 heavy (non-hydrogen) atoms. The molecule has 0 aromatic rings. The van der Waals surface area contributed by atoms with E-state index in [2.05, 4.69) is 12.2 Å². The Bertz CT molecular complexity index is 209. The second kappa shape index (κ2) is 6.08. The molecule has 4 nitrogen and oxygen atoms in total. The van der Waals surface area contributed by atoms with Crippen LogP contribution >= 0.6 is 0 Å². The number of carbonyl (C=O) groups is 1. The molecule has 0 radical (unpaired) electrons. The zero-order valence-electron chi connectivity index (χ0n) is 9.95. The lowest BCUT2D eigenvalue weighted by molar-refractivity contribution is -0.132. The predicted octanol–water partition coefficient (Wildman–Crippen LogP) is 0.479. The molecule has 1 aliphatic rings. The van der Waals surface area contributed by atoms with Gasteiger partial charge in [0.25, 0.3) is 0 Å². The van der Waals surface area contributed by atoms with Crippen LogP contribution in [-0.4, -0.2) is 50.7 Å². The quantitative estimate of drug-likeness (QED) is 0.724. The first-order chi connectivity index (χ1) is 7.13. The zero-order chi connectivity index (χ0) is 11.3. The number of carbonyl (C=O) groups excluding carboxylic acids is 1. The molecule has 0 bridgehead atoms. The van der Waals surface area contributed by atoms with Crippen molar-refractivity contribution in [2.45, 2.75) is 25.8 Å². The molecule has 0 saturated carbocycles. The largest absolute Gasteiger partial charge is 0.384 e. The number of amides is 1. The molecule has 0 spiro atoms. The van der Waals surface area contributed by atoms with Gasteiger partial charge in [0.2, 0.25) is 5.91 Å². The fraction of sp³-hybridized carbons (Fsp3) is 0.909. The number of hydrogen-bond donors (Lipinski definition) is 1. The van der Waals surface area contributed by atoms with Crippen LogP contribution in [0.2, 0.25) is 0 Å². The molecule has 0 aliphatic carbocycles. The van der Waals surface area contributed by atoms with E-state index < -0.39 is 0 Å². The van der Waals surface area contributed by atoms with E-state index in [-0.39, 0.29) is 5.91 Å². The van der Waals surface area contributed by atoms with Crippen LogP contribution in [0.15, 0.2) is 0 Å². The number of hydrogen-bond acceptors (Lipinski definition) is 3. The highest BCUT2D eigenvalue weighted by Gasteiger charge is 2.22. The van der Waals surface area contributed by atoms with Crippen LogP contribution in [0.5, 0.6) is 0 Å². The molecule has 88 valence electrons. The summed E-state index contributed by atoms with van der Waals surface area (Å²) < 4.78 is 5.08. The van der Waals surface area contributed by atoms with E-state index in [0.717, 1.165) is 26.1 Å². The number of likely N-dealkylation sites (tertiary alicyclic amines) is 1. The highest BCUT2D eigenvalue weighted by Crippen LogP contribution is 2.09. The minimum atomic E-state index is 0.262. The normalized spacial score (nSPS) is 24.3. The first-order valence-corrected chi connectivity index (χ1v) is 5.59. The fourth-order valence-corrected chi connectivity index (χ4v) is 1.89. The molecule has 1 N–H and O–H groups in total. The number of nitrogens with zero attached hydrogens (tertiary/aromatic N) is 1. The summed E-state index contributed by atoms with van der Waals surface area (Å²) in [5.41, 5.74) is 0. The zero-order valence-corrected chi connectivity index (χ0v) is 9.95. The third kappa shape index (κ3) is 4.18. The summed E-state index contributed by atoms with van der Waals surface area (Å²) in [6.07, 6.45) is 1.63. The summed E-state index contributed by atoms with van der Waals surface area (Å²) in [5, 5.41) is 3.48. The Balaban J connectivity index is 2.19. The summed E-state index contributed by atoms with van der Waals surface area (Å²) in [6.45, 7) is 4.74. The number of nitrogens with one attached hydrogen (secondary N) is 1. The van der Waals surface area contributed by atoms with Gasteiger partial charge in [0.1, 0.15) is 0 Å². The lowest BCUT2D eigenvalue weighted by Crippen LogP contribution is -2.47. The maximum atomic E-state index is 11.3. The predicted molar refractivity (Wildman–Crippen MR) is 59.7 cm³/mol. The van der Waals surface area contributed by atoms with E-state index >= 15 is 0 Å². The van der Waals surface area contributed by atoms with Crippen LogP contribution in [0.4, 0.5) is 0 Å². The van der Waals surface area contributed by atoms with Crippen molar-refractivity contribution >= 4 is 5.91 Å². The van der Waals surface area contributed by atoms with Gasteiger partial charge in [-0.25, -0.2) is 0 Å². The molecule has 0 aromatic heterocycles. The van der Waals surface area contributed by atoms with Gasteiger partial charge in [-0.05, 0) is 12.3 Å². The third-order valence-electron chi connectivity index (χ3n) is 2.83. The van der Waals surface area contributed by atoms with E-state index in [0.29, 0.717) is 18.4 Å². The second-order valence-electron chi connectivity index (χ2n) is 4.48. The van der Waals surface area contributed by atoms with E-state index in [9.17, 15) is 4.79 Å². The lowest BCUT2D eigenvalue weighted by atomic mass is 10.0. The van der Waals surface area contributed by atoms with Gasteiger partial charge in [0.05, 0.1) is 0 Å². The minimum absolute atomic E-state index is 0.262. The van der Waals surface area contributed by atoms with Crippen molar-refractivity contribution in [2.75, 3.05) is 33.9 Å². The van der Waals surface area contributed by atoms with Crippen molar-refractivity contribution in [1.82, 2.24) is 10.2 Å². The number of piperidine rings is 1. The highest BCUT2D eigenvalue weighted by molar-refractivity contribution is 5.76. The molecule has 1 aliphatic heterocycles. The maximum absolute atomic E-state index is 11.3. The van der Waals surface area contributed by atoms with Gasteiger partial charge in [-0.2, -0.15) is 0 Å². The van der Waals surface area contributed by atoms with Crippen LogP contribution in [0, 0.1) is 5.92 Å². The second-order valence-corrected chi connectivity index (χ2v) is 4.48. The van der Waals surface area contributed by atoms with E-state index in [1.807, 2.05) is 11.9 Å². The van der Waals surface area contributed by atoms with Gasteiger partial charge >= 0.3 is 0 Å². The fourth-order valence-electron chi connectivity index (χ4n) is 1.89. The molecule has 0 aromatic carbocycles. The van der Waals surface area contributed by atoms with Crippen molar-refractivity contribution in [3.63, 3.8) is 0 Å². The maximum Gasteiger partial charge on any atom is 0.222 e. The Labute approximate surface area is 92.0 Å². The average molecular weight is 214 g/mol. The van der Waals surface area contributed by atoms with Crippen LogP contribution in [0.1, 0.15) is 19.8 Å². The van der Waals surface area contributed by atoms with Crippen LogP contribution < -0.4 is 5.32 Å². The molecule has 4 heteroatoms. The molecule has 1 amide bonds. The molecule has 1 fully saturated rings. The Kier molecular flexibility index (Phi) is 5.05. The van der Waals surface area contributed by atoms with Crippen molar-refractivity contribution in [1.29, 1.82) is 0 Å². The van der Waals surface area contributed by atoms with Crippen molar-refractivity contribution < 1.29 is 9.53 Å². The smallest absolute Gasteiger partial charge is 0.222 e. The van der Waals surface area contributed by atoms with Crippen molar-refractivity contribution in [3.8, 4) is 0 Å². The van der Waals surface area contributed by atoms with Gasteiger partial charge in [0, 0.05) is 46.3 Å². The molecule has 1 heterocycles. The summed E-state index contributed by atoms with van der Waals surface area (Å²) >= 11 is 0. The molecule has 2 unspecified atom stereocenters. The minimum Gasteiger partial charge on any atom is -0.384 e. The summed E-state index contributed by atoms with van der Waals surface area (Å²) in [6, 6.07) is 0.451. The number of methoxy groups -OCH3 is 1. The molecular formula is C11H22N2O2. The summed E-state index contributed by atoms with van der Waals surface area (Å²) in [7, 11) is 3.60. The van der Waals surface area contributed by atoms with Crippen molar-refractivity contribution in [3.05, 3.63) is 0 Å². The van der Waals surface area contributed by atoms with Gasteiger partial charge in [0.15, 0.2) is 0 Å². The van der Waals surface area contributed by atoms with E-state index in [1.54, 1.807) is 7.11 Å². The first kappa shape index (κ1) is 12.5. The third-order valence-corrected chi connectivity index (χ3v) is 2.83. The Morgan fingerprint density at radius 2 is 2.40 bits per heavy atom. The average Bonchev–Trinajstić information content (AvgIpc) is 2.20. The van der Waals surface area contributed by atoms with Crippen LogP contribution in [-0.2, 0) is 9.53 Å². The van der Waals surface area contributed by atoms with Crippen LogP contribution in [0.3, 0.4) is 0 Å². The van der Waals surface area contributed by atoms with Crippen molar-refractivity contribution in [2.24, 2.45) is 5.92 Å². The lowest BCUT2D eigenvalue weighted by Gasteiger charge is -2.31. The van der Waals surface area contributed by atoms with Gasteiger partial charge in [-0.1, -0.05) is 6.92 Å². The number of rotatable bonds is 5. The molecular weight excluding hydrogens is 192 g/mol. The number of likely N-dealkylation sites (N-methyl/N-ethyl adjacent to an activating group) is 1. The Morgan fingerprint density at radius 3 is 3.00 bits per heavy atom. The molecule has 1 rings (SSSR count). The summed E-state index contributed by atoms with van der Waals surface area (Å²) in [4.78, 5) is 13.1. The van der Waals surface area contributed by atoms with Gasteiger partial charge in [-0.3, -0.25) is 4.79 Å². The molecule has 2 atom stereocenters. The first-order valence-electron chi connectivity index (χ1n) is 5.59. The molecule has 1 saturated heterocycles. The van der Waals surface area contributed by atoms with Gasteiger partial charge < -0.3 is 15.0 Å².